The van der Waals surface area contributed by atoms with Gasteiger partial charge in [0.15, 0.2) is 5.13 Å². The molecule has 10 heteroatoms. The summed E-state index contributed by atoms with van der Waals surface area (Å²) < 4.78 is 35.0. The molecule has 6 rings (SSSR count). The molecule has 3 aromatic carbocycles. The van der Waals surface area contributed by atoms with Gasteiger partial charge in [0, 0.05) is 44.8 Å². The van der Waals surface area contributed by atoms with Crippen molar-refractivity contribution in [1.82, 2.24) is 14.2 Å². The third-order valence-electron chi connectivity index (χ3n) is 8.34. The molecule has 1 amide bonds. The molecular weight excluding hydrogens is 569 g/mol. The lowest BCUT2D eigenvalue weighted by atomic mass is 10.0. The number of thiazole rings is 1. The number of benzene rings is 3. The molecule has 0 saturated carbocycles. The average molecular weight is 605 g/mol. The lowest BCUT2D eigenvalue weighted by Gasteiger charge is -2.28. The van der Waals surface area contributed by atoms with Gasteiger partial charge in [0.25, 0.3) is 5.91 Å². The molecule has 4 aromatic rings. The summed E-state index contributed by atoms with van der Waals surface area (Å²) in [4.78, 5) is 23.2. The molecule has 0 radical (unpaired) electrons. The van der Waals surface area contributed by atoms with Crippen LogP contribution in [0.1, 0.15) is 39.0 Å². The number of carbonyl (C=O) groups excluding carboxylic acids is 1. The highest BCUT2D eigenvalue weighted by molar-refractivity contribution is 7.89. The number of morpholine rings is 1. The van der Waals surface area contributed by atoms with Gasteiger partial charge < -0.3 is 4.74 Å². The Hall–Kier alpha value is -3.15. The Morgan fingerprint density at radius 1 is 0.976 bits per heavy atom. The maximum Gasteiger partial charge on any atom is 0.260 e. The number of ether oxygens (including phenoxy) is 1. The van der Waals surface area contributed by atoms with Gasteiger partial charge in [-0.3, -0.25) is 14.6 Å². The van der Waals surface area contributed by atoms with Crippen LogP contribution in [-0.4, -0.2) is 74.5 Å². The highest BCUT2D eigenvalue weighted by atomic mass is 32.2. The van der Waals surface area contributed by atoms with Crippen molar-refractivity contribution in [3.63, 3.8) is 0 Å². The molecule has 1 saturated heterocycles. The predicted octanol–water partition coefficient (Wildman–Crippen LogP) is 5.03. The first-order valence-electron chi connectivity index (χ1n) is 14.5. The van der Waals surface area contributed by atoms with Gasteiger partial charge in [-0.15, -0.1) is 0 Å². The van der Waals surface area contributed by atoms with Crippen LogP contribution in [0.3, 0.4) is 0 Å². The number of carbonyl (C=O) groups is 1. The van der Waals surface area contributed by atoms with Crippen molar-refractivity contribution in [3.05, 3.63) is 88.5 Å². The fourth-order valence-electron chi connectivity index (χ4n) is 5.64. The van der Waals surface area contributed by atoms with E-state index in [1.54, 1.807) is 29.2 Å². The molecule has 2 aliphatic rings. The molecule has 1 fully saturated rings. The number of hydrogen-bond acceptors (Lipinski definition) is 7. The molecule has 0 aliphatic carbocycles. The number of fused-ring (bicyclic) bond motifs is 2. The van der Waals surface area contributed by atoms with E-state index in [2.05, 4.69) is 36.9 Å². The molecule has 2 aliphatic heterocycles. The fraction of sp³-hybridized carbons (Fsp3) is 0.375. The maximum atomic E-state index is 14.0. The van der Waals surface area contributed by atoms with Gasteiger partial charge in [0.1, 0.15) is 0 Å². The average Bonchev–Trinajstić information content (AvgIpc) is 3.46. The van der Waals surface area contributed by atoms with Crippen molar-refractivity contribution in [3.8, 4) is 0 Å². The molecule has 0 atom stereocenters. The van der Waals surface area contributed by atoms with Crippen molar-refractivity contribution < 1.29 is 17.9 Å². The van der Waals surface area contributed by atoms with Crippen LogP contribution in [-0.2, 0) is 27.7 Å². The van der Waals surface area contributed by atoms with Crippen molar-refractivity contribution >= 4 is 42.6 Å². The van der Waals surface area contributed by atoms with Gasteiger partial charge in [-0.1, -0.05) is 41.7 Å². The van der Waals surface area contributed by atoms with E-state index in [-0.39, 0.29) is 10.8 Å². The minimum Gasteiger partial charge on any atom is -0.379 e. The summed E-state index contributed by atoms with van der Waals surface area (Å²) in [6.45, 7) is 9.56. The molecule has 0 unspecified atom stereocenters. The summed E-state index contributed by atoms with van der Waals surface area (Å²) in [5, 5.41) is 0.661. The van der Waals surface area contributed by atoms with Gasteiger partial charge >= 0.3 is 0 Å². The van der Waals surface area contributed by atoms with Gasteiger partial charge in [-0.05, 0) is 79.3 Å². The van der Waals surface area contributed by atoms with Crippen LogP contribution in [0.25, 0.3) is 10.2 Å². The van der Waals surface area contributed by atoms with Crippen LogP contribution >= 0.6 is 11.3 Å². The monoisotopic (exact) mass is 604 g/mol. The number of amides is 1. The number of aryl methyl sites for hydroxylation is 2. The first-order valence-corrected chi connectivity index (χ1v) is 16.7. The van der Waals surface area contributed by atoms with Crippen LogP contribution in [0.4, 0.5) is 5.13 Å². The lowest BCUT2D eigenvalue weighted by Crippen LogP contribution is -2.39. The van der Waals surface area contributed by atoms with Gasteiger partial charge in [-0.2, -0.15) is 4.31 Å². The molecule has 8 nitrogen and oxygen atoms in total. The van der Waals surface area contributed by atoms with Gasteiger partial charge in [0.05, 0.1) is 28.3 Å². The largest absolute Gasteiger partial charge is 0.379 e. The Kier molecular flexibility index (Phi) is 8.42. The summed E-state index contributed by atoms with van der Waals surface area (Å²) in [5.74, 6) is -0.179. The topological polar surface area (TPSA) is 83.0 Å². The number of aromatic nitrogens is 1. The zero-order valence-electron chi connectivity index (χ0n) is 24.1. The van der Waals surface area contributed by atoms with E-state index in [0.29, 0.717) is 36.8 Å². The van der Waals surface area contributed by atoms with Crippen LogP contribution in [0.5, 0.6) is 0 Å². The molecule has 0 N–H and O–H groups in total. The van der Waals surface area contributed by atoms with E-state index in [4.69, 9.17) is 9.72 Å². The molecule has 0 bridgehead atoms. The second kappa shape index (κ2) is 12.2. The van der Waals surface area contributed by atoms with Crippen molar-refractivity contribution in [2.45, 2.75) is 38.1 Å². The molecule has 220 valence electrons. The SMILES string of the molecule is Cc1ccc2sc(N(CCCN3CCOCC3)C(=O)c3ccc(S(=O)(=O)N4CCc5ccccc5C4)cc3)nc2c1C. The summed E-state index contributed by atoms with van der Waals surface area (Å²) in [5.41, 5.74) is 5.87. The molecule has 1 aromatic heterocycles. The Labute approximate surface area is 251 Å². The Bertz CT molecular complexity index is 1700. The zero-order valence-corrected chi connectivity index (χ0v) is 25.7. The highest BCUT2D eigenvalue weighted by Crippen LogP contribution is 2.33. The van der Waals surface area contributed by atoms with Crippen molar-refractivity contribution in [2.75, 3.05) is 50.8 Å². The quantitative estimate of drug-likeness (QED) is 0.281. The summed E-state index contributed by atoms with van der Waals surface area (Å²) >= 11 is 1.52. The smallest absolute Gasteiger partial charge is 0.260 e. The molecule has 0 spiro atoms. The van der Waals surface area contributed by atoms with Gasteiger partial charge in [0.2, 0.25) is 10.0 Å². The predicted molar refractivity (Wildman–Crippen MR) is 167 cm³/mol. The number of hydrogen-bond donors (Lipinski definition) is 0. The highest BCUT2D eigenvalue weighted by Gasteiger charge is 2.29. The minimum atomic E-state index is -3.69. The second-order valence-electron chi connectivity index (χ2n) is 11.0. The van der Waals surface area contributed by atoms with E-state index in [1.807, 2.05) is 18.2 Å². The maximum absolute atomic E-state index is 14.0. The summed E-state index contributed by atoms with van der Waals surface area (Å²) in [7, 11) is -3.69. The second-order valence-corrected chi connectivity index (χ2v) is 13.9. The van der Waals surface area contributed by atoms with Crippen LogP contribution in [0.2, 0.25) is 0 Å². The van der Waals surface area contributed by atoms with E-state index in [0.717, 1.165) is 60.6 Å². The molecule has 3 heterocycles. The first kappa shape index (κ1) is 28.9. The minimum absolute atomic E-state index is 0.179. The Morgan fingerprint density at radius 3 is 2.48 bits per heavy atom. The van der Waals surface area contributed by atoms with E-state index in [9.17, 15) is 13.2 Å². The Balaban J connectivity index is 1.24. The zero-order chi connectivity index (χ0) is 29.3. The van der Waals surface area contributed by atoms with Crippen LogP contribution < -0.4 is 4.90 Å². The molecular formula is C32H36N4O4S2. The van der Waals surface area contributed by atoms with E-state index >= 15 is 0 Å². The van der Waals surface area contributed by atoms with Crippen LogP contribution in [0.15, 0.2) is 65.6 Å². The third-order valence-corrected chi connectivity index (χ3v) is 11.2. The normalized spacial score (nSPS) is 16.4. The number of nitrogens with zero attached hydrogens (tertiary/aromatic N) is 4. The van der Waals surface area contributed by atoms with Gasteiger partial charge in [-0.25, -0.2) is 13.4 Å². The third kappa shape index (κ3) is 5.87. The molecule has 42 heavy (non-hydrogen) atoms. The Morgan fingerprint density at radius 2 is 1.71 bits per heavy atom. The van der Waals surface area contributed by atoms with Crippen molar-refractivity contribution in [1.29, 1.82) is 0 Å². The summed E-state index contributed by atoms with van der Waals surface area (Å²) in [6.07, 6.45) is 1.48. The number of anilines is 1. The van der Waals surface area contributed by atoms with E-state index < -0.39 is 10.0 Å². The van der Waals surface area contributed by atoms with Crippen LogP contribution in [0, 0.1) is 13.8 Å². The number of sulfonamides is 1. The van der Waals surface area contributed by atoms with Crippen molar-refractivity contribution in [2.24, 2.45) is 0 Å². The summed E-state index contributed by atoms with van der Waals surface area (Å²) in [6, 6.07) is 18.5. The lowest BCUT2D eigenvalue weighted by molar-refractivity contribution is 0.0376. The first-order chi connectivity index (χ1) is 20.3. The fourth-order valence-corrected chi connectivity index (χ4v) is 8.11. The standard InChI is InChI=1S/C32H36N4O4S2/c1-23-8-13-29-30(24(23)2)33-32(41-29)36(16-5-15-34-18-20-40-21-19-34)31(37)26-9-11-28(12-10-26)42(38,39)35-17-14-25-6-3-4-7-27(25)22-35/h3-4,6-13H,5,14-22H2,1-2H3. The van der Waals surface area contributed by atoms with E-state index in [1.165, 1.54) is 26.8 Å². The number of rotatable bonds is 8.